The SMILES string of the molecule is CCOc1ccc(CCNS(=O)(=O)Cc2ccc(F)cc2)cc1. The summed E-state index contributed by atoms with van der Waals surface area (Å²) in [5.74, 6) is 0.263. The third-order valence-electron chi connectivity index (χ3n) is 3.24. The van der Waals surface area contributed by atoms with Gasteiger partial charge < -0.3 is 4.74 Å². The summed E-state index contributed by atoms with van der Waals surface area (Å²) < 4.78 is 44.7. The van der Waals surface area contributed by atoms with Gasteiger partial charge in [-0.15, -0.1) is 0 Å². The van der Waals surface area contributed by atoms with Crippen LogP contribution in [0.4, 0.5) is 4.39 Å². The maximum Gasteiger partial charge on any atom is 0.215 e. The Morgan fingerprint density at radius 1 is 1.00 bits per heavy atom. The predicted octanol–water partition coefficient (Wildman–Crippen LogP) is 2.89. The van der Waals surface area contributed by atoms with Gasteiger partial charge in [0.05, 0.1) is 12.4 Å². The first-order chi connectivity index (χ1) is 11.0. The molecule has 0 fully saturated rings. The van der Waals surface area contributed by atoms with Gasteiger partial charge in [0.25, 0.3) is 0 Å². The number of ether oxygens (including phenoxy) is 1. The van der Waals surface area contributed by atoms with Gasteiger partial charge in [0.1, 0.15) is 11.6 Å². The summed E-state index contributed by atoms with van der Waals surface area (Å²) in [6, 6.07) is 13.0. The van der Waals surface area contributed by atoms with Crippen LogP contribution in [0.3, 0.4) is 0 Å². The van der Waals surface area contributed by atoms with E-state index in [2.05, 4.69) is 4.72 Å². The molecule has 4 nitrogen and oxygen atoms in total. The Bertz CT molecular complexity index is 713. The van der Waals surface area contributed by atoms with Crippen molar-refractivity contribution in [3.05, 3.63) is 65.5 Å². The Kier molecular flexibility index (Phi) is 6.12. The summed E-state index contributed by atoms with van der Waals surface area (Å²) in [6.45, 7) is 2.85. The smallest absolute Gasteiger partial charge is 0.215 e. The molecule has 2 rings (SSSR count). The van der Waals surface area contributed by atoms with E-state index < -0.39 is 10.0 Å². The van der Waals surface area contributed by atoms with Gasteiger partial charge in [-0.25, -0.2) is 17.5 Å². The average molecular weight is 337 g/mol. The molecule has 0 bridgehead atoms. The van der Waals surface area contributed by atoms with Crippen LogP contribution in [0.2, 0.25) is 0 Å². The van der Waals surface area contributed by atoms with Crippen LogP contribution in [-0.4, -0.2) is 21.6 Å². The van der Waals surface area contributed by atoms with E-state index in [9.17, 15) is 12.8 Å². The highest BCUT2D eigenvalue weighted by Crippen LogP contribution is 2.12. The molecule has 2 aromatic rings. The van der Waals surface area contributed by atoms with Crippen LogP contribution in [0.25, 0.3) is 0 Å². The van der Waals surface area contributed by atoms with E-state index in [-0.39, 0.29) is 11.6 Å². The van der Waals surface area contributed by atoms with E-state index in [0.29, 0.717) is 25.1 Å². The Balaban J connectivity index is 1.83. The van der Waals surface area contributed by atoms with Crippen molar-refractivity contribution in [2.45, 2.75) is 19.1 Å². The molecule has 124 valence electrons. The first-order valence-corrected chi connectivity index (χ1v) is 9.07. The zero-order valence-electron chi connectivity index (χ0n) is 13.0. The summed E-state index contributed by atoms with van der Waals surface area (Å²) in [7, 11) is -3.43. The van der Waals surface area contributed by atoms with Gasteiger partial charge in [-0.05, 0) is 48.7 Å². The highest BCUT2D eigenvalue weighted by molar-refractivity contribution is 7.88. The monoisotopic (exact) mass is 337 g/mol. The van der Waals surface area contributed by atoms with Gasteiger partial charge in [-0.1, -0.05) is 24.3 Å². The maximum absolute atomic E-state index is 12.8. The topological polar surface area (TPSA) is 55.4 Å². The summed E-state index contributed by atoms with van der Waals surface area (Å²) in [4.78, 5) is 0. The highest BCUT2D eigenvalue weighted by Gasteiger charge is 2.11. The molecule has 1 N–H and O–H groups in total. The summed E-state index contributed by atoms with van der Waals surface area (Å²) in [5, 5.41) is 0. The molecule has 0 unspecified atom stereocenters. The molecule has 6 heteroatoms. The van der Waals surface area contributed by atoms with E-state index >= 15 is 0 Å². The van der Waals surface area contributed by atoms with Crippen LogP contribution in [0.15, 0.2) is 48.5 Å². The molecule has 0 aliphatic rings. The normalized spacial score (nSPS) is 11.4. The van der Waals surface area contributed by atoms with Crippen molar-refractivity contribution in [3.63, 3.8) is 0 Å². The molecule has 0 heterocycles. The van der Waals surface area contributed by atoms with Gasteiger partial charge >= 0.3 is 0 Å². The largest absolute Gasteiger partial charge is 0.494 e. The lowest BCUT2D eigenvalue weighted by atomic mass is 10.1. The summed E-state index contributed by atoms with van der Waals surface area (Å²) in [6.07, 6.45) is 0.592. The molecule has 2 aromatic carbocycles. The van der Waals surface area contributed by atoms with E-state index in [1.807, 2.05) is 31.2 Å². The van der Waals surface area contributed by atoms with Crippen LogP contribution >= 0.6 is 0 Å². The van der Waals surface area contributed by atoms with Gasteiger partial charge in [0, 0.05) is 6.54 Å². The molecule has 0 amide bonds. The van der Waals surface area contributed by atoms with Crippen molar-refractivity contribution < 1.29 is 17.5 Å². The van der Waals surface area contributed by atoms with E-state index in [1.165, 1.54) is 24.3 Å². The van der Waals surface area contributed by atoms with Gasteiger partial charge in [0.15, 0.2) is 0 Å². The number of benzene rings is 2. The molecule has 0 aromatic heterocycles. The highest BCUT2D eigenvalue weighted by atomic mass is 32.2. The minimum atomic E-state index is -3.43. The Morgan fingerprint density at radius 2 is 1.61 bits per heavy atom. The molecule has 0 spiro atoms. The summed E-state index contributed by atoms with van der Waals surface area (Å²) in [5.41, 5.74) is 1.58. The molecule has 0 saturated carbocycles. The molecule has 0 aliphatic heterocycles. The molecule has 0 atom stereocenters. The van der Waals surface area contributed by atoms with Gasteiger partial charge in [-0.2, -0.15) is 0 Å². The van der Waals surface area contributed by atoms with Crippen molar-refractivity contribution in [2.24, 2.45) is 0 Å². The molecular weight excluding hydrogens is 317 g/mol. The lowest BCUT2D eigenvalue weighted by molar-refractivity contribution is 0.340. The Hall–Kier alpha value is -1.92. The third kappa shape index (κ3) is 6.00. The standard InChI is InChI=1S/C17H20FNO3S/c1-2-22-17-9-5-14(6-10-17)11-12-19-23(20,21)13-15-3-7-16(18)8-4-15/h3-10,19H,2,11-13H2,1H3. The van der Waals surface area contributed by atoms with Gasteiger partial charge in [-0.3, -0.25) is 0 Å². The van der Waals surface area contributed by atoms with Crippen LogP contribution in [0.1, 0.15) is 18.1 Å². The van der Waals surface area contributed by atoms with Crippen LogP contribution in [-0.2, 0) is 22.2 Å². The molecule has 0 saturated heterocycles. The summed E-state index contributed by atoms with van der Waals surface area (Å²) >= 11 is 0. The van der Waals surface area contributed by atoms with Crippen LogP contribution in [0.5, 0.6) is 5.75 Å². The number of nitrogens with one attached hydrogen (secondary N) is 1. The van der Waals surface area contributed by atoms with Crippen LogP contribution < -0.4 is 9.46 Å². The second kappa shape index (κ2) is 8.08. The first-order valence-electron chi connectivity index (χ1n) is 7.42. The van der Waals surface area contributed by atoms with Crippen molar-refractivity contribution in [3.8, 4) is 5.75 Å². The number of sulfonamides is 1. The second-order valence-corrected chi connectivity index (χ2v) is 6.91. The Morgan fingerprint density at radius 3 is 2.22 bits per heavy atom. The van der Waals surface area contributed by atoms with Crippen LogP contribution in [0, 0.1) is 5.82 Å². The third-order valence-corrected chi connectivity index (χ3v) is 4.60. The quantitative estimate of drug-likeness (QED) is 0.806. The number of hydrogen-bond donors (Lipinski definition) is 1. The number of halogens is 1. The lowest BCUT2D eigenvalue weighted by Gasteiger charge is -2.08. The van der Waals surface area contributed by atoms with E-state index in [1.54, 1.807) is 0 Å². The molecule has 23 heavy (non-hydrogen) atoms. The second-order valence-electron chi connectivity index (χ2n) is 5.11. The zero-order valence-corrected chi connectivity index (χ0v) is 13.8. The van der Waals surface area contributed by atoms with E-state index in [4.69, 9.17) is 4.74 Å². The fourth-order valence-corrected chi connectivity index (χ4v) is 3.27. The minimum absolute atomic E-state index is 0.156. The average Bonchev–Trinajstić information content (AvgIpc) is 2.51. The minimum Gasteiger partial charge on any atom is -0.494 e. The fraction of sp³-hybridized carbons (Fsp3) is 0.294. The zero-order chi connectivity index (χ0) is 16.7. The lowest BCUT2D eigenvalue weighted by Crippen LogP contribution is -2.27. The maximum atomic E-state index is 12.8. The molecular formula is C17H20FNO3S. The Labute approximate surface area is 136 Å². The fourth-order valence-electron chi connectivity index (χ4n) is 2.12. The number of rotatable bonds is 8. The van der Waals surface area contributed by atoms with Crippen molar-refractivity contribution in [2.75, 3.05) is 13.2 Å². The van der Waals surface area contributed by atoms with E-state index in [0.717, 1.165) is 11.3 Å². The van der Waals surface area contributed by atoms with Crippen molar-refractivity contribution >= 4 is 10.0 Å². The van der Waals surface area contributed by atoms with Crippen molar-refractivity contribution in [1.82, 2.24) is 4.72 Å². The first kappa shape index (κ1) is 17.4. The van der Waals surface area contributed by atoms with Crippen molar-refractivity contribution in [1.29, 1.82) is 0 Å². The predicted molar refractivity (Wildman–Crippen MR) is 88.3 cm³/mol. The number of hydrogen-bond acceptors (Lipinski definition) is 3. The van der Waals surface area contributed by atoms with Gasteiger partial charge in [0.2, 0.25) is 10.0 Å². The molecule has 0 aliphatic carbocycles. The molecule has 0 radical (unpaired) electrons.